The van der Waals surface area contributed by atoms with Crippen molar-refractivity contribution in [3.63, 3.8) is 0 Å². The molecule has 4 nitrogen and oxygen atoms in total. The van der Waals surface area contributed by atoms with Crippen LogP contribution in [0, 0.1) is 19.7 Å². The second kappa shape index (κ2) is 7.22. The summed E-state index contributed by atoms with van der Waals surface area (Å²) in [5.74, 6) is -0.246. The molecule has 1 aliphatic rings. The summed E-state index contributed by atoms with van der Waals surface area (Å²) in [7, 11) is 0. The number of aryl methyl sites for hydroxylation is 2. The monoisotopic (exact) mass is 361 g/mol. The van der Waals surface area contributed by atoms with Crippen LogP contribution in [0.1, 0.15) is 34.8 Å². The summed E-state index contributed by atoms with van der Waals surface area (Å²) in [6.07, 6.45) is 0. The van der Waals surface area contributed by atoms with Gasteiger partial charge in [0.1, 0.15) is 15.7 Å². The number of benzene rings is 1. The quantitative estimate of drug-likeness (QED) is 0.836. The van der Waals surface area contributed by atoms with Crippen LogP contribution in [0.5, 0.6) is 0 Å². The summed E-state index contributed by atoms with van der Waals surface area (Å²) < 4.78 is 13.6. The fourth-order valence-corrected chi connectivity index (χ4v) is 4.24. The molecule has 0 atom stereocenters. The molecule has 134 valence electrons. The van der Waals surface area contributed by atoms with E-state index in [4.69, 9.17) is 0 Å². The van der Waals surface area contributed by atoms with Crippen LogP contribution in [0.4, 0.5) is 4.39 Å². The number of carbonyl (C=O) groups is 1. The lowest BCUT2D eigenvalue weighted by Gasteiger charge is -2.36. The normalized spacial score (nSPS) is 15.8. The molecule has 1 aliphatic heterocycles. The number of nitrogens with zero attached hydrogens (tertiary/aromatic N) is 3. The number of halogens is 1. The van der Waals surface area contributed by atoms with Crippen molar-refractivity contribution in [1.82, 2.24) is 14.8 Å². The lowest BCUT2D eigenvalue weighted by molar-refractivity contribution is 0.0599. The molecule has 1 aromatic heterocycles. The van der Waals surface area contributed by atoms with Crippen molar-refractivity contribution in [1.29, 1.82) is 0 Å². The second-order valence-electron chi connectivity index (χ2n) is 6.81. The highest BCUT2D eigenvalue weighted by Crippen LogP contribution is 2.31. The number of aromatic nitrogens is 1. The zero-order chi connectivity index (χ0) is 18.1. The molecule has 0 aliphatic carbocycles. The van der Waals surface area contributed by atoms with Crippen LogP contribution < -0.4 is 0 Å². The number of carbonyl (C=O) groups excluding carboxylic acids is 1. The molecular weight excluding hydrogens is 337 g/mol. The SMILES string of the molecule is Cc1ccc(F)cc1-c1nc(C)c(C(=O)N2CCN(C(C)C)CC2)s1. The first kappa shape index (κ1) is 18.0. The minimum Gasteiger partial charge on any atom is -0.335 e. The maximum absolute atomic E-state index is 13.6. The third-order valence-corrected chi connectivity index (χ3v) is 5.93. The molecule has 0 N–H and O–H groups in total. The number of piperazine rings is 1. The van der Waals surface area contributed by atoms with Gasteiger partial charge in [-0.05, 0) is 45.4 Å². The van der Waals surface area contributed by atoms with Crippen molar-refractivity contribution in [2.45, 2.75) is 33.7 Å². The smallest absolute Gasteiger partial charge is 0.265 e. The summed E-state index contributed by atoms with van der Waals surface area (Å²) in [6.45, 7) is 11.4. The minimum absolute atomic E-state index is 0.0405. The standard InChI is InChI=1S/C19H24FN3OS/c1-12(2)22-7-9-23(10-8-22)19(24)17-14(4)21-18(25-17)16-11-15(20)6-5-13(16)3/h5-6,11-12H,7-10H2,1-4H3. The molecule has 2 heterocycles. The Hall–Kier alpha value is -1.79. The number of hydrogen-bond donors (Lipinski definition) is 0. The van der Waals surface area contributed by atoms with Crippen molar-refractivity contribution in [3.05, 3.63) is 40.2 Å². The van der Waals surface area contributed by atoms with Gasteiger partial charge in [-0.2, -0.15) is 0 Å². The van der Waals surface area contributed by atoms with Crippen molar-refractivity contribution in [2.75, 3.05) is 26.2 Å². The van der Waals surface area contributed by atoms with E-state index >= 15 is 0 Å². The zero-order valence-electron chi connectivity index (χ0n) is 15.2. The molecular formula is C19H24FN3OS. The summed E-state index contributed by atoms with van der Waals surface area (Å²) in [4.78, 5) is 22.4. The van der Waals surface area contributed by atoms with Gasteiger partial charge in [0.25, 0.3) is 5.91 Å². The van der Waals surface area contributed by atoms with Crippen molar-refractivity contribution in [2.24, 2.45) is 0 Å². The van der Waals surface area contributed by atoms with E-state index in [2.05, 4.69) is 23.7 Å². The molecule has 1 aromatic carbocycles. The van der Waals surface area contributed by atoms with Crippen molar-refractivity contribution in [3.8, 4) is 10.6 Å². The molecule has 0 bridgehead atoms. The Morgan fingerprint density at radius 2 is 1.88 bits per heavy atom. The van der Waals surface area contributed by atoms with Gasteiger partial charge in [0, 0.05) is 37.8 Å². The minimum atomic E-state index is -0.286. The Bertz CT molecular complexity index is 779. The molecule has 3 rings (SSSR count). The maximum Gasteiger partial charge on any atom is 0.265 e. The molecule has 0 unspecified atom stereocenters. The second-order valence-corrected chi connectivity index (χ2v) is 7.81. The number of rotatable bonds is 3. The van der Waals surface area contributed by atoms with Crippen LogP contribution in [0.25, 0.3) is 10.6 Å². The van der Waals surface area contributed by atoms with E-state index in [1.165, 1.54) is 23.5 Å². The molecule has 6 heteroatoms. The van der Waals surface area contributed by atoms with E-state index in [9.17, 15) is 9.18 Å². The van der Waals surface area contributed by atoms with Crippen LogP contribution >= 0.6 is 11.3 Å². The molecule has 0 radical (unpaired) electrons. The highest BCUT2D eigenvalue weighted by molar-refractivity contribution is 7.17. The van der Waals surface area contributed by atoms with Gasteiger partial charge in [0.05, 0.1) is 5.69 Å². The summed E-state index contributed by atoms with van der Waals surface area (Å²) in [6, 6.07) is 5.18. The highest BCUT2D eigenvalue weighted by atomic mass is 32.1. The summed E-state index contributed by atoms with van der Waals surface area (Å²) in [5.41, 5.74) is 2.44. The number of hydrogen-bond acceptors (Lipinski definition) is 4. The topological polar surface area (TPSA) is 36.4 Å². The van der Waals surface area contributed by atoms with Crippen LogP contribution in [-0.2, 0) is 0 Å². The largest absolute Gasteiger partial charge is 0.335 e. The van der Waals surface area contributed by atoms with Crippen LogP contribution in [-0.4, -0.2) is 52.9 Å². The van der Waals surface area contributed by atoms with Crippen LogP contribution in [0.15, 0.2) is 18.2 Å². The average molecular weight is 361 g/mol. The molecule has 1 amide bonds. The van der Waals surface area contributed by atoms with Crippen molar-refractivity contribution < 1.29 is 9.18 Å². The van der Waals surface area contributed by atoms with Gasteiger partial charge in [-0.3, -0.25) is 9.69 Å². The number of thiazole rings is 1. The van der Waals surface area contributed by atoms with E-state index in [0.717, 1.165) is 43.0 Å². The molecule has 25 heavy (non-hydrogen) atoms. The van der Waals surface area contributed by atoms with E-state index in [-0.39, 0.29) is 11.7 Å². The lowest BCUT2D eigenvalue weighted by atomic mass is 10.1. The van der Waals surface area contributed by atoms with E-state index in [1.807, 2.05) is 18.7 Å². The van der Waals surface area contributed by atoms with Gasteiger partial charge in [-0.15, -0.1) is 11.3 Å². The summed E-state index contributed by atoms with van der Waals surface area (Å²) in [5, 5.41) is 0.707. The predicted molar refractivity (Wildman–Crippen MR) is 99.6 cm³/mol. The average Bonchev–Trinajstić information content (AvgIpc) is 2.98. The van der Waals surface area contributed by atoms with Gasteiger partial charge in [0.15, 0.2) is 0 Å². The third kappa shape index (κ3) is 3.75. The molecule has 1 fully saturated rings. The predicted octanol–water partition coefficient (Wildman–Crippen LogP) is 3.73. The first-order chi connectivity index (χ1) is 11.9. The van der Waals surface area contributed by atoms with Crippen molar-refractivity contribution >= 4 is 17.2 Å². The first-order valence-electron chi connectivity index (χ1n) is 8.64. The lowest BCUT2D eigenvalue weighted by Crippen LogP contribution is -2.50. The van der Waals surface area contributed by atoms with Crippen LogP contribution in [0.3, 0.4) is 0 Å². The fraction of sp³-hybridized carbons (Fsp3) is 0.474. The zero-order valence-corrected chi connectivity index (χ0v) is 16.0. The molecule has 0 saturated carbocycles. The van der Waals surface area contributed by atoms with E-state index < -0.39 is 0 Å². The number of amides is 1. The molecule has 1 saturated heterocycles. The van der Waals surface area contributed by atoms with Gasteiger partial charge in [-0.1, -0.05) is 6.07 Å². The Balaban J connectivity index is 1.81. The van der Waals surface area contributed by atoms with E-state index in [0.29, 0.717) is 15.9 Å². The van der Waals surface area contributed by atoms with E-state index in [1.54, 1.807) is 6.07 Å². The van der Waals surface area contributed by atoms with Gasteiger partial charge in [0.2, 0.25) is 0 Å². The Morgan fingerprint density at radius 1 is 1.20 bits per heavy atom. The van der Waals surface area contributed by atoms with Gasteiger partial charge >= 0.3 is 0 Å². The maximum atomic E-state index is 13.6. The Labute approximate surface area is 152 Å². The van der Waals surface area contributed by atoms with Gasteiger partial charge in [-0.25, -0.2) is 9.37 Å². The third-order valence-electron chi connectivity index (χ3n) is 4.75. The van der Waals surface area contributed by atoms with Gasteiger partial charge < -0.3 is 4.90 Å². The fourth-order valence-electron chi connectivity index (χ4n) is 3.12. The molecule has 0 spiro atoms. The Morgan fingerprint density at radius 3 is 2.52 bits per heavy atom. The van der Waals surface area contributed by atoms with Crippen LogP contribution in [0.2, 0.25) is 0 Å². The first-order valence-corrected chi connectivity index (χ1v) is 9.45. The summed E-state index contributed by atoms with van der Waals surface area (Å²) >= 11 is 1.36. The highest BCUT2D eigenvalue weighted by Gasteiger charge is 2.26. The Kier molecular flexibility index (Phi) is 5.20. The molecule has 2 aromatic rings.